The minimum absolute atomic E-state index is 0.0170. The highest BCUT2D eigenvalue weighted by Gasteiger charge is 2.09. The van der Waals surface area contributed by atoms with Crippen LogP contribution in [0.15, 0.2) is 16.7 Å². The molecule has 1 rings (SSSR count). The molecule has 1 aromatic rings. The molecule has 66 valence electrons. The molecule has 1 heterocycles. The van der Waals surface area contributed by atoms with Gasteiger partial charge in [-0.15, -0.1) is 0 Å². The maximum atomic E-state index is 5.81. The maximum absolute atomic E-state index is 5.81. The number of hydrogen-bond acceptors (Lipinski definition) is 2. The van der Waals surface area contributed by atoms with Crippen molar-refractivity contribution in [1.29, 1.82) is 0 Å². The van der Waals surface area contributed by atoms with Crippen molar-refractivity contribution in [3.63, 3.8) is 0 Å². The molecule has 0 fully saturated rings. The lowest BCUT2D eigenvalue weighted by Crippen LogP contribution is -2.11. The molecule has 0 amide bonds. The lowest BCUT2D eigenvalue weighted by molar-refractivity contribution is 0.672. The van der Waals surface area contributed by atoms with Crippen LogP contribution in [-0.2, 0) is 0 Å². The van der Waals surface area contributed by atoms with Crippen molar-refractivity contribution in [2.45, 2.75) is 19.4 Å². The molecule has 0 aliphatic rings. The van der Waals surface area contributed by atoms with Crippen LogP contribution >= 0.6 is 27.5 Å². The fourth-order valence-corrected chi connectivity index (χ4v) is 1.82. The highest BCUT2D eigenvalue weighted by molar-refractivity contribution is 9.10. The fourth-order valence-electron chi connectivity index (χ4n) is 0.891. The SMILES string of the molecule is CC[C@H](N)c1ncc(Cl)cc1Br. The van der Waals surface area contributed by atoms with Gasteiger partial charge in [0.1, 0.15) is 0 Å². The van der Waals surface area contributed by atoms with E-state index in [9.17, 15) is 0 Å². The van der Waals surface area contributed by atoms with Gasteiger partial charge in [-0.25, -0.2) is 0 Å². The Morgan fingerprint density at radius 3 is 2.92 bits per heavy atom. The summed E-state index contributed by atoms with van der Waals surface area (Å²) in [6, 6.07) is 1.79. The van der Waals surface area contributed by atoms with Crippen molar-refractivity contribution >= 4 is 27.5 Å². The summed E-state index contributed by atoms with van der Waals surface area (Å²) in [5.74, 6) is 0. The molecular weight excluding hydrogens is 239 g/mol. The van der Waals surface area contributed by atoms with Gasteiger partial charge in [0.05, 0.1) is 10.7 Å². The first-order chi connectivity index (χ1) is 5.65. The van der Waals surface area contributed by atoms with E-state index < -0.39 is 0 Å². The van der Waals surface area contributed by atoms with Gasteiger partial charge >= 0.3 is 0 Å². The second-order valence-corrected chi connectivity index (χ2v) is 3.83. The summed E-state index contributed by atoms with van der Waals surface area (Å²) in [6.07, 6.45) is 2.48. The van der Waals surface area contributed by atoms with E-state index in [1.165, 1.54) is 0 Å². The van der Waals surface area contributed by atoms with Gasteiger partial charge in [-0.05, 0) is 28.4 Å². The Balaban J connectivity index is 3.01. The average molecular weight is 250 g/mol. The van der Waals surface area contributed by atoms with Gasteiger partial charge < -0.3 is 5.73 Å². The molecule has 0 aromatic carbocycles. The molecule has 0 aliphatic carbocycles. The molecule has 1 aromatic heterocycles. The van der Waals surface area contributed by atoms with E-state index >= 15 is 0 Å². The summed E-state index contributed by atoms with van der Waals surface area (Å²) < 4.78 is 0.879. The molecule has 0 radical (unpaired) electrons. The lowest BCUT2D eigenvalue weighted by Gasteiger charge is -2.09. The zero-order valence-electron chi connectivity index (χ0n) is 6.72. The molecule has 1 atom stereocenters. The largest absolute Gasteiger partial charge is 0.323 e. The standard InChI is InChI=1S/C8H10BrClN2/c1-2-7(11)8-6(9)3-5(10)4-12-8/h3-4,7H,2,11H2,1H3/t7-/m0/s1. The van der Waals surface area contributed by atoms with Gasteiger partial charge in [0.25, 0.3) is 0 Å². The van der Waals surface area contributed by atoms with E-state index in [4.69, 9.17) is 17.3 Å². The Morgan fingerprint density at radius 1 is 1.75 bits per heavy atom. The van der Waals surface area contributed by atoms with Gasteiger partial charge in [0.15, 0.2) is 0 Å². The van der Waals surface area contributed by atoms with Crippen LogP contribution in [0.3, 0.4) is 0 Å². The van der Waals surface area contributed by atoms with Crippen molar-refractivity contribution < 1.29 is 0 Å². The summed E-state index contributed by atoms with van der Waals surface area (Å²) in [6.45, 7) is 2.02. The Bertz CT molecular complexity index is 278. The predicted octanol–water partition coefficient (Wildman–Crippen LogP) is 2.91. The van der Waals surface area contributed by atoms with E-state index in [2.05, 4.69) is 20.9 Å². The lowest BCUT2D eigenvalue weighted by atomic mass is 10.1. The first-order valence-electron chi connectivity index (χ1n) is 3.71. The quantitative estimate of drug-likeness (QED) is 0.875. The molecule has 0 unspecified atom stereocenters. The number of aromatic nitrogens is 1. The summed E-state index contributed by atoms with van der Waals surface area (Å²) in [7, 11) is 0. The van der Waals surface area contributed by atoms with Crippen molar-refractivity contribution in [3.05, 3.63) is 27.5 Å². The van der Waals surface area contributed by atoms with Gasteiger partial charge in [0, 0.05) is 16.7 Å². The minimum Gasteiger partial charge on any atom is -0.323 e. The molecule has 0 spiro atoms. The van der Waals surface area contributed by atoms with E-state index in [1.54, 1.807) is 12.3 Å². The molecular formula is C8H10BrClN2. The van der Waals surface area contributed by atoms with Crippen molar-refractivity contribution in [2.75, 3.05) is 0 Å². The van der Waals surface area contributed by atoms with Gasteiger partial charge in [-0.1, -0.05) is 18.5 Å². The number of pyridine rings is 1. The second kappa shape index (κ2) is 4.21. The Kier molecular flexibility index (Phi) is 3.50. The number of nitrogens with zero attached hydrogens (tertiary/aromatic N) is 1. The Labute approximate surface area is 85.3 Å². The first kappa shape index (κ1) is 9.96. The topological polar surface area (TPSA) is 38.9 Å². The van der Waals surface area contributed by atoms with Crippen LogP contribution in [0.5, 0.6) is 0 Å². The zero-order valence-corrected chi connectivity index (χ0v) is 9.06. The smallest absolute Gasteiger partial charge is 0.0713 e. The van der Waals surface area contributed by atoms with Crippen molar-refractivity contribution in [1.82, 2.24) is 4.98 Å². The van der Waals surface area contributed by atoms with Gasteiger partial charge in [-0.3, -0.25) is 4.98 Å². The highest BCUT2D eigenvalue weighted by Crippen LogP contribution is 2.24. The molecule has 0 aliphatic heterocycles. The van der Waals surface area contributed by atoms with Crippen LogP contribution in [0.2, 0.25) is 5.02 Å². The molecule has 2 nitrogen and oxygen atoms in total. The normalized spacial score (nSPS) is 13.0. The van der Waals surface area contributed by atoms with E-state index in [0.717, 1.165) is 16.6 Å². The molecule has 0 bridgehead atoms. The van der Waals surface area contributed by atoms with Crippen LogP contribution in [0.25, 0.3) is 0 Å². The van der Waals surface area contributed by atoms with Crippen LogP contribution in [0.4, 0.5) is 0 Å². The van der Waals surface area contributed by atoms with Crippen LogP contribution < -0.4 is 5.73 Å². The summed E-state index contributed by atoms with van der Waals surface area (Å²) in [4.78, 5) is 4.14. The van der Waals surface area contributed by atoms with E-state index in [0.29, 0.717) is 5.02 Å². The van der Waals surface area contributed by atoms with E-state index in [-0.39, 0.29) is 6.04 Å². The molecule has 4 heteroatoms. The summed E-state index contributed by atoms with van der Waals surface area (Å²) in [5, 5.41) is 0.619. The van der Waals surface area contributed by atoms with Crippen molar-refractivity contribution in [2.24, 2.45) is 5.73 Å². The predicted molar refractivity (Wildman–Crippen MR) is 54.2 cm³/mol. The van der Waals surface area contributed by atoms with Gasteiger partial charge in [-0.2, -0.15) is 0 Å². The van der Waals surface area contributed by atoms with Gasteiger partial charge in [0.2, 0.25) is 0 Å². The maximum Gasteiger partial charge on any atom is 0.0713 e. The molecule has 0 saturated heterocycles. The summed E-state index contributed by atoms with van der Waals surface area (Å²) in [5.41, 5.74) is 6.67. The molecule has 0 saturated carbocycles. The van der Waals surface area contributed by atoms with Crippen LogP contribution in [-0.4, -0.2) is 4.98 Å². The number of hydrogen-bond donors (Lipinski definition) is 1. The number of nitrogens with two attached hydrogens (primary N) is 1. The summed E-state index contributed by atoms with van der Waals surface area (Å²) >= 11 is 9.09. The van der Waals surface area contributed by atoms with Crippen LogP contribution in [0, 0.1) is 0 Å². The number of rotatable bonds is 2. The zero-order chi connectivity index (χ0) is 9.14. The number of halogens is 2. The van der Waals surface area contributed by atoms with Crippen molar-refractivity contribution in [3.8, 4) is 0 Å². The average Bonchev–Trinajstić information content (AvgIpc) is 2.03. The highest BCUT2D eigenvalue weighted by atomic mass is 79.9. The molecule has 12 heavy (non-hydrogen) atoms. The minimum atomic E-state index is -0.0170. The van der Waals surface area contributed by atoms with Crippen LogP contribution in [0.1, 0.15) is 25.1 Å². The molecule has 2 N–H and O–H groups in total. The third kappa shape index (κ3) is 2.19. The third-order valence-electron chi connectivity index (χ3n) is 1.63. The second-order valence-electron chi connectivity index (χ2n) is 2.54. The Morgan fingerprint density at radius 2 is 2.42 bits per heavy atom. The first-order valence-corrected chi connectivity index (χ1v) is 4.88. The van der Waals surface area contributed by atoms with E-state index in [1.807, 2.05) is 6.92 Å². The Hall–Kier alpha value is -0.120. The third-order valence-corrected chi connectivity index (χ3v) is 2.47. The fraction of sp³-hybridized carbons (Fsp3) is 0.375. The monoisotopic (exact) mass is 248 g/mol.